The van der Waals surface area contributed by atoms with E-state index in [1.807, 2.05) is 6.07 Å². The van der Waals surface area contributed by atoms with Crippen molar-refractivity contribution < 1.29 is 13.7 Å². The lowest BCUT2D eigenvalue weighted by Gasteiger charge is -2.27. The third-order valence-corrected chi connectivity index (χ3v) is 4.38. The Bertz CT molecular complexity index is 933. The second-order valence-corrected chi connectivity index (χ2v) is 8.19. The van der Waals surface area contributed by atoms with Gasteiger partial charge in [-0.15, -0.1) is 0 Å². The number of hydrogen-bond donors (Lipinski definition) is 1. The van der Waals surface area contributed by atoms with Crippen LogP contribution in [0.2, 0.25) is 0 Å². The van der Waals surface area contributed by atoms with Crippen LogP contribution in [0.15, 0.2) is 53.3 Å². The smallest absolute Gasteiger partial charge is 0.227 e. The molecule has 2 aromatic heterocycles. The fourth-order valence-electron chi connectivity index (χ4n) is 3.02. The van der Waals surface area contributed by atoms with Crippen molar-refractivity contribution in [1.82, 2.24) is 20.4 Å². The molecule has 0 bridgehead atoms. The summed E-state index contributed by atoms with van der Waals surface area (Å²) in [4.78, 5) is 20.9. The molecule has 0 aliphatic carbocycles. The fraction of sp³-hybridized carbons (Fsp3) is 0.364. The summed E-state index contributed by atoms with van der Waals surface area (Å²) in [5, 5.41) is 6.99. The second-order valence-electron chi connectivity index (χ2n) is 8.19. The normalized spacial score (nSPS) is 12.6. The summed E-state index contributed by atoms with van der Waals surface area (Å²) in [7, 11) is 0. The van der Waals surface area contributed by atoms with Gasteiger partial charge in [0.05, 0.1) is 6.04 Å². The zero-order valence-corrected chi connectivity index (χ0v) is 16.9. The Morgan fingerprint density at radius 3 is 2.62 bits per heavy atom. The minimum Gasteiger partial charge on any atom is -0.349 e. The highest BCUT2D eigenvalue weighted by molar-refractivity contribution is 5.76. The van der Waals surface area contributed by atoms with E-state index in [9.17, 15) is 9.18 Å². The minimum atomic E-state index is -0.296. The lowest BCUT2D eigenvalue weighted by atomic mass is 9.85. The topological polar surface area (TPSA) is 80.9 Å². The first-order chi connectivity index (χ1) is 13.8. The summed E-state index contributed by atoms with van der Waals surface area (Å²) in [6, 6.07) is 9.69. The van der Waals surface area contributed by atoms with Crippen molar-refractivity contribution >= 4 is 5.91 Å². The van der Waals surface area contributed by atoms with E-state index in [4.69, 9.17) is 4.52 Å². The number of carbonyl (C=O) groups excluding carboxylic acids is 1. The maximum atomic E-state index is 13.3. The van der Waals surface area contributed by atoms with Gasteiger partial charge in [0.15, 0.2) is 0 Å². The Morgan fingerprint density at radius 1 is 1.21 bits per heavy atom. The van der Waals surface area contributed by atoms with Gasteiger partial charge in [-0.05, 0) is 41.7 Å². The molecule has 1 atom stereocenters. The summed E-state index contributed by atoms with van der Waals surface area (Å²) < 4.78 is 18.5. The molecule has 0 fully saturated rings. The number of nitrogens with zero attached hydrogens (tertiary/aromatic N) is 3. The molecule has 1 N–H and O–H groups in total. The summed E-state index contributed by atoms with van der Waals surface area (Å²) >= 11 is 0. The monoisotopic (exact) mass is 396 g/mol. The average Bonchev–Trinajstić information content (AvgIpc) is 3.15. The van der Waals surface area contributed by atoms with E-state index in [2.05, 4.69) is 41.2 Å². The Hall–Kier alpha value is -3.09. The van der Waals surface area contributed by atoms with Crippen LogP contribution in [0.3, 0.4) is 0 Å². The van der Waals surface area contributed by atoms with Crippen molar-refractivity contribution in [2.45, 2.75) is 46.1 Å². The number of aromatic nitrogens is 3. The fourth-order valence-corrected chi connectivity index (χ4v) is 3.02. The molecule has 0 saturated carbocycles. The predicted molar refractivity (Wildman–Crippen MR) is 107 cm³/mol. The highest BCUT2D eigenvalue weighted by atomic mass is 19.1. The standard InChI is InChI=1S/C22H25FN4O2/c1-22(2,3)13-18(15-6-8-17(23)9-7-15)25-19(28)10-11-20-26-21(27-29-20)16-5-4-12-24-14-16/h4-9,12,14,18H,10-11,13H2,1-3H3,(H,25,28)/t18-/m0/s1. The van der Waals surface area contributed by atoms with Crippen molar-refractivity contribution in [1.29, 1.82) is 0 Å². The molecule has 7 heteroatoms. The number of hydrogen-bond acceptors (Lipinski definition) is 5. The molecule has 6 nitrogen and oxygen atoms in total. The molecule has 0 radical (unpaired) electrons. The molecule has 0 aliphatic rings. The molecule has 1 amide bonds. The van der Waals surface area contributed by atoms with Gasteiger partial charge in [-0.2, -0.15) is 4.98 Å². The Balaban J connectivity index is 1.61. The molecule has 0 unspecified atom stereocenters. The van der Waals surface area contributed by atoms with Crippen molar-refractivity contribution in [2.75, 3.05) is 0 Å². The van der Waals surface area contributed by atoms with Crippen molar-refractivity contribution in [3.8, 4) is 11.4 Å². The van der Waals surface area contributed by atoms with Crippen LogP contribution in [0.4, 0.5) is 4.39 Å². The number of benzene rings is 1. The zero-order chi connectivity index (χ0) is 20.9. The molecule has 29 heavy (non-hydrogen) atoms. The second kappa shape index (κ2) is 8.94. The number of halogens is 1. The zero-order valence-electron chi connectivity index (χ0n) is 16.9. The number of amides is 1. The average molecular weight is 396 g/mol. The van der Waals surface area contributed by atoms with Crippen LogP contribution in [0.1, 0.15) is 51.1 Å². The number of aryl methyl sites for hydroxylation is 1. The number of pyridine rings is 1. The molecular weight excluding hydrogens is 371 g/mol. The summed E-state index contributed by atoms with van der Waals surface area (Å²) in [5.41, 5.74) is 1.64. The van der Waals surface area contributed by atoms with Gasteiger partial charge in [-0.1, -0.05) is 38.1 Å². The molecule has 152 valence electrons. The van der Waals surface area contributed by atoms with E-state index in [1.165, 1.54) is 12.1 Å². The summed E-state index contributed by atoms with van der Waals surface area (Å²) in [6.07, 6.45) is 4.61. The molecule has 0 aliphatic heterocycles. The Labute approximate surface area is 169 Å². The number of rotatable bonds is 7. The molecule has 1 aromatic carbocycles. The maximum absolute atomic E-state index is 13.3. The van der Waals surface area contributed by atoms with Crippen LogP contribution in [0, 0.1) is 11.2 Å². The van der Waals surface area contributed by atoms with Crippen LogP contribution >= 0.6 is 0 Å². The van der Waals surface area contributed by atoms with Crippen molar-refractivity contribution in [2.24, 2.45) is 5.41 Å². The SMILES string of the molecule is CC(C)(C)C[C@H](NC(=O)CCc1nc(-c2cccnc2)no1)c1ccc(F)cc1. The third kappa shape index (κ3) is 6.20. The van der Waals surface area contributed by atoms with Gasteiger partial charge in [0, 0.05) is 30.8 Å². The lowest BCUT2D eigenvalue weighted by molar-refractivity contribution is -0.122. The summed E-state index contributed by atoms with van der Waals surface area (Å²) in [6.45, 7) is 6.32. The third-order valence-electron chi connectivity index (χ3n) is 4.38. The van der Waals surface area contributed by atoms with E-state index in [1.54, 1.807) is 30.6 Å². The largest absolute Gasteiger partial charge is 0.349 e. The van der Waals surface area contributed by atoms with Gasteiger partial charge in [-0.3, -0.25) is 9.78 Å². The number of nitrogens with one attached hydrogen (secondary N) is 1. The molecular formula is C22H25FN4O2. The maximum Gasteiger partial charge on any atom is 0.227 e. The molecule has 0 spiro atoms. The highest BCUT2D eigenvalue weighted by Gasteiger charge is 2.22. The van der Waals surface area contributed by atoms with E-state index in [0.717, 1.165) is 17.5 Å². The van der Waals surface area contributed by atoms with Gasteiger partial charge < -0.3 is 9.84 Å². The minimum absolute atomic E-state index is 0.00254. The predicted octanol–water partition coefficient (Wildman–Crippen LogP) is 4.50. The Morgan fingerprint density at radius 2 is 1.97 bits per heavy atom. The molecule has 0 saturated heterocycles. The van der Waals surface area contributed by atoms with Gasteiger partial charge in [0.2, 0.25) is 17.6 Å². The van der Waals surface area contributed by atoms with Crippen LogP contribution in [0.25, 0.3) is 11.4 Å². The quantitative estimate of drug-likeness (QED) is 0.636. The van der Waals surface area contributed by atoms with Crippen LogP contribution in [-0.2, 0) is 11.2 Å². The van der Waals surface area contributed by atoms with Crippen molar-refractivity contribution in [3.63, 3.8) is 0 Å². The van der Waals surface area contributed by atoms with Gasteiger partial charge in [-0.25, -0.2) is 4.39 Å². The van der Waals surface area contributed by atoms with Crippen LogP contribution < -0.4 is 5.32 Å². The Kier molecular flexibility index (Phi) is 6.36. The van der Waals surface area contributed by atoms with Gasteiger partial charge >= 0.3 is 0 Å². The highest BCUT2D eigenvalue weighted by Crippen LogP contribution is 2.29. The first-order valence-electron chi connectivity index (χ1n) is 9.58. The number of carbonyl (C=O) groups is 1. The van der Waals surface area contributed by atoms with E-state index in [0.29, 0.717) is 18.1 Å². The molecule has 3 rings (SSSR count). The van der Waals surface area contributed by atoms with E-state index < -0.39 is 0 Å². The lowest BCUT2D eigenvalue weighted by Crippen LogP contribution is -2.31. The van der Waals surface area contributed by atoms with Crippen molar-refractivity contribution in [3.05, 3.63) is 66.1 Å². The van der Waals surface area contributed by atoms with E-state index >= 15 is 0 Å². The summed E-state index contributed by atoms with van der Waals surface area (Å²) in [5.74, 6) is 0.429. The van der Waals surface area contributed by atoms with Crippen LogP contribution in [-0.4, -0.2) is 21.0 Å². The van der Waals surface area contributed by atoms with E-state index in [-0.39, 0.29) is 29.6 Å². The molecule has 3 aromatic rings. The van der Waals surface area contributed by atoms with Gasteiger partial charge in [0.25, 0.3) is 0 Å². The first-order valence-corrected chi connectivity index (χ1v) is 9.58. The molecule has 2 heterocycles. The first kappa shape index (κ1) is 20.6. The van der Waals surface area contributed by atoms with Gasteiger partial charge in [0.1, 0.15) is 5.82 Å². The van der Waals surface area contributed by atoms with Crippen LogP contribution in [0.5, 0.6) is 0 Å².